The van der Waals surface area contributed by atoms with E-state index in [0.29, 0.717) is 16.1 Å². The normalized spacial score (nSPS) is 19.5. The van der Waals surface area contributed by atoms with E-state index in [1.165, 1.54) is 0 Å². The molecule has 142 valence electrons. The largest absolute Gasteiger partial charge is 0.349 e. The summed E-state index contributed by atoms with van der Waals surface area (Å²) in [7, 11) is 0. The molecular formula is C20H22ClN3O3. The number of ketones is 1. The van der Waals surface area contributed by atoms with Gasteiger partial charge in [0.15, 0.2) is 5.78 Å². The molecule has 2 heterocycles. The van der Waals surface area contributed by atoms with Gasteiger partial charge < -0.3 is 9.88 Å². The molecule has 7 heteroatoms. The predicted octanol–water partition coefficient (Wildman–Crippen LogP) is 3.43. The monoisotopic (exact) mass is 387 g/mol. The number of nitrogens with zero attached hydrogens (tertiary/aromatic N) is 2. The lowest BCUT2D eigenvalue weighted by atomic mass is 9.92. The van der Waals surface area contributed by atoms with Crippen LogP contribution in [0.3, 0.4) is 0 Å². The number of aromatic nitrogens is 1. The molecule has 1 aliphatic rings. The zero-order chi connectivity index (χ0) is 19.9. The maximum absolute atomic E-state index is 13.0. The Kier molecular flexibility index (Phi) is 4.86. The van der Waals surface area contributed by atoms with Gasteiger partial charge in [0, 0.05) is 28.5 Å². The van der Waals surface area contributed by atoms with Crippen LogP contribution in [0.5, 0.6) is 0 Å². The van der Waals surface area contributed by atoms with Crippen molar-refractivity contribution in [3.05, 3.63) is 57.9 Å². The lowest BCUT2D eigenvalue weighted by molar-refractivity contribution is -0.130. The van der Waals surface area contributed by atoms with E-state index in [-0.39, 0.29) is 12.3 Å². The van der Waals surface area contributed by atoms with Crippen molar-refractivity contribution in [3.63, 3.8) is 0 Å². The summed E-state index contributed by atoms with van der Waals surface area (Å²) in [5.41, 5.74) is 1.75. The summed E-state index contributed by atoms with van der Waals surface area (Å²) < 4.78 is 2.02. The van der Waals surface area contributed by atoms with Gasteiger partial charge in [-0.15, -0.1) is 0 Å². The van der Waals surface area contributed by atoms with Crippen LogP contribution in [0.15, 0.2) is 30.3 Å². The average molecular weight is 388 g/mol. The molecule has 27 heavy (non-hydrogen) atoms. The molecule has 0 aliphatic carbocycles. The molecule has 1 fully saturated rings. The van der Waals surface area contributed by atoms with Gasteiger partial charge in [-0.1, -0.05) is 23.7 Å². The van der Waals surface area contributed by atoms with Crippen LogP contribution in [0.1, 0.15) is 41.2 Å². The van der Waals surface area contributed by atoms with E-state index in [9.17, 15) is 14.4 Å². The fourth-order valence-electron chi connectivity index (χ4n) is 3.62. The van der Waals surface area contributed by atoms with Crippen molar-refractivity contribution < 1.29 is 14.4 Å². The molecule has 3 amide bonds. The van der Waals surface area contributed by atoms with Crippen LogP contribution in [-0.2, 0) is 16.9 Å². The second-order valence-corrected chi connectivity index (χ2v) is 7.34. The van der Waals surface area contributed by atoms with Crippen molar-refractivity contribution in [3.8, 4) is 0 Å². The molecule has 3 rings (SSSR count). The van der Waals surface area contributed by atoms with Crippen molar-refractivity contribution >= 4 is 29.3 Å². The minimum absolute atomic E-state index is 0.258. The van der Waals surface area contributed by atoms with Crippen LogP contribution in [0.25, 0.3) is 0 Å². The van der Waals surface area contributed by atoms with Crippen molar-refractivity contribution in [1.29, 1.82) is 0 Å². The molecule has 0 bridgehead atoms. The third kappa shape index (κ3) is 3.14. The first-order valence-corrected chi connectivity index (χ1v) is 9.17. The number of rotatable bonds is 5. The molecule has 0 unspecified atom stereocenters. The van der Waals surface area contributed by atoms with Gasteiger partial charge >= 0.3 is 6.03 Å². The first-order valence-electron chi connectivity index (χ1n) is 8.79. The number of urea groups is 1. The number of imide groups is 1. The predicted molar refractivity (Wildman–Crippen MR) is 103 cm³/mol. The lowest BCUT2D eigenvalue weighted by Crippen LogP contribution is -2.41. The van der Waals surface area contributed by atoms with Crippen molar-refractivity contribution in [2.75, 3.05) is 6.54 Å². The van der Waals surface area contributed by atoms with E-state index in [4.69, 9.17) is 11.6 Å². The summed E-state index contributed by atoms with van der Waals surface area (Å²) in [6.07, 6.45) is 0. The van der Waals surface area contributed by atoms with Crippen LogP contribution in [0, 0.1) is 13.8 Å². The van der Waals surface area contributed by atoms with Gasteiger partial charge in [0.1, 0.15) is 5.54 Å². The quantitative estimate of drug-likeness (QED) is 0.631. The number of carbonyl (C=O) groups excluding carboxylic acids is 3. The highest BCUT2D eigenvalue weighted by Gasteiger charge is 2.49. The molecule has 0 saturated carbocycles. The Morgan fingerprint density at radius 2 is 1.81 bits per heavy atom. The number of Topliss-reactive ketones (excluding diaryl/α,β-unsaturated/α-hetero) is 1. The molecule has 1 aromatic heterocycles. The van der Waals surface area contributed by atoms with Crippen molar-refractivity contribution in [1.82, 2.24) is 14.8 Å². The Bertz CT molecular complexity index is 933. The van der Waals surface area contributed by atoms with E-state index in [2.05, 4.69) is 5.32 Å². The molecule has 1 aliphatic heterocycles. The van der Waals surface area contributed by atoms with E-state index in [0.717, 1.165) is 22.8 Å². The number of carbonyl (C=O) groups is 3. The highest BCUT2D eigenvalue weighted by Crippen LogP contribution is 2.30. The Balaban J connectivity index is 1.86. The molecule has 1 atom stereocenters. The van der Waals surface area contributed by atoms with Crippen LogP contribution in [0.2, 0.25) is 5.02 Å². The van der Waals surface area contributed by atoms with Gasteiger partial charge in [0.25, 0.3) is 5.91 Å². The topological polar surface area (TPSA) is 71.4 Å². The lowest BCUT2D eigenvalue weighted by Gasteiger charge is -2.22. The van der Waals surface area contributed by atoms with E-state index in [1.807, 2.05) is 25.3 Å². The van der Waals surface area contributed by atoms with Gasteiger partial charge in [-0.2, -0.15) is 0 Å². The van der Waals surface area contributed by atoms with E-state index < -0.39 is 17.5 Å². The smallest absolute Gasteiger partial charge is 0.325 e. The Morgan fingerprint density at radius 1 is 1.19 bits per heavy atom. The number of amides is 3. The molecule has 1 aromatic carbocycles. The zero-order valence-corrected chi connectivity index (χ0v) is 16.6. The first-order chi connectivity index (χ1) is 12.7. The fraction of sp³-hybridized carbons (Fsp3) is 0.350. The summed E-state index contributed by atoms with van der Waals surface area (Å²) in [4.78, 5) is 39.1. The number of hydrogen-bond donors (Lipinski definition) is 1. The minimum atomic E-state index is -1.22. The maximum Gasteiger partial charge on any atom is 0.325 e. The summed E-state index contributed by atoms with van der Waals surface area (Å²) in [6, 6.07) is 7.94. The van der Waals surface area contributed by atoms with Crippen LogP contribution in [0.4, 0.5) is 4.79 Å². The highest BCUT2D eigenvalue weighted by atomic mass is 35.5. The summed E-state index contributed by atoms with van der Waals surface area (Å²) in [5.74, 6) is -0.709. The van der Waals surface area contributed by atoms with E-state index >= 15 is 0 Å². The standard InChI is InChI=1S/C20H22ClN3O3/c1-5-23-12(2)10-16(13(23)3)17(25)11-24-18(26)20(4,22-19(24)27)14-6-8-15(21)9-7-14/h6-10H,5,11H2,1-4H3,(H,22,27)/t20-/m0/s1. The number of nitrogens with one attached hydrogen (secondary N) is 1. The third-order valence-electron chi connectivity index (χ3n) is 5.19. The molecule has 0 spiro atoms. The molecule has 6 nitrogen and oxygen atoms in total. The number of benzene rings is 1. The maximum atomic E-state index is 13.0. The average Bonchev–Trinajstić information content (AvgIpc) is 3.03. The fourth-order valence-corrected chi connectivity index (χ4v) is 3.74. The van der Waals surface area contributed by atoms with Crippen molar-refractivity contribution in [2.45, 2.75) is 39.8 Å². The van der Waals surface area contributed by atoms with Gasteiger partial charge in [-0.05, 0) is 51.5 Å². The Hall–Kier alpha value is -2.60. The first kappa shape index (κ1) is 19.2. The summed E-state index contributed by atoms with van der Waals surface area (Å²) in [6.45, 7) is 7.89. The Labute approximate surface area is 163 Å². The molecule has 0 radical (unpaired) electrons. The van der Waals surface area contributed by atoms with Crippen molar-refractivity contribution in [2.24, 2.45) is 0 Å². The summed E-state index contributed by atoms with van der Waals surface area (Å²) in [5, 5.41) is 3.24. The van der Waals surface area contributed by atoms with Crippen LogP contribution < -0.4 is 5.32 Å². The van der Waals surface area contributed by atoms with Gasteiger partial charge in [0.2, 0.25) is 0 Å². The second-order valence-electron chi connectivity index (χ2n) is 6.91. The minimum Gasteiger partial charge on any atom is -0.349 e. The van der Waals surface area contributed by atoms with Gasteiger partial charge in [-0.25, -0.2) is 4.79 Å². The highest BCUT2D eigenvalue weighted by molar-refractivity contribution is 6.30. The second kappa shape index (κ2) is 6.85. The number of aryl methyl sites for hydroxylation is 1. The van der Waals surface area contributed by atoms with Gasteiger partial charge in [-0.3, -0.25) is 14.5 Å². The molecule has 1 N–H and O–H groups in total. The zero-order valence-electron chi connectivity index (χ0n) is 15.8. The SMILES string of the molecule is CCn1c(C)cc(C(=O)CN2C(=O)N[C@@](C)(c3ccc(Cl)cc3)C2=O)c1C. The third-order valence-corrected chi connectivity index (χ3v) is 5.44. The van der Waals surface area contributed by atoms with Crippen LogP contribution >= 0.6 is 11.6 Å². The molecule has 2 aromatic rings. The van der Waals surface area contributed by atoms with Gasteiger partial charge in [0.05, 0.1) is 6.54 Å². The Morgan fingerprint density at radius 3 is 2.37 bits per heavy atom. The molecular weight excluding hydrogens is 366 g/mol. The van der Waals surface area contributed by atoms with Crippen LogP contribution in [-0.4, -0.2) is 33.7 Å². The van der Waals surface area contributed by atoms with E-state index in [1.54, 1.807) is 37.3 Å². The number of hydrogen-bond acceptors (Lipinski definition) is 3. The number of halogens is 1. The summed E-state index contributed by atoms with van der Waals surface area (Å²) >= 11 is 5.91. The molecule has 1 saturated heterocycles.